The van der Waals surface area contributed by atoms with E-state index in [0.29, 0.717) is 27.6 Å². The van der Waals surface area contributed by atoms with E-state index in [4.69, 9.17) is 9.15 Å². The lowest BCUT2D eigenvalue weighted by Gasteiger charge is -2.12. The van der Waals surface area contributed by atoms with Crippen molar-refractivity contribution in [3.05, 3.63) is 81.0 Å². The van der Waals surface area contributed by atoms with Gasteiger partial charge in [0.15, 0.2) is 6.61 Å². The zero-order chi connectivity index (χ0) is 21.4. The van der Waals surface area contributed by atoms with Gasteiger partial charge in [-0.05, 0) is 68.1 Å². The van der Waals surface area contributed by atoms with Gasteiger partial charge in [-0.3, -0.25) is 9.59 Å². The van der Waals surface area contributed by atoms with Gasteiger partial charge in [0.25, 0.3) is 5.91 Å². The number of aryl methyl sites for hydroxylation is 4. The summed E-state index contributed by atoms with van der Waals surface area (Å²) in [5, 5.41) is 3.85. The molecule has 30 heavy (non-hydrogen) atoms. The number of fused-ring (bicyclic) bond motifs is 2. The Hall–Kier alpha value is -3.60. The highest BCUT2D eigenvalue weighted by molar-refractivity contribution is 5.96. The van der Waals surface area contributed by atoms with Crippen LogP contribution < -0.4 is 15.5 Å². The predicted molar refractivity (Wildman–Crippen MR) is 120 cm³/mol. The Balaban J connectivity index is 1.60. The molecule has 0 bridgehead atoms. The summed E-state index contributed by atoms with van der Waals surface area (Å²) in [6.07, 6.45) is 0. The van der Waals surface area contributed by atoms with Crippen LogP contribution in [0, 0.1) is 27.7 Å². The predicted octanol–water partition coefficient (Wildman–Crippen LogP) is 5.20. The SMILES string of the molecule is Cc1cccc(C)c1OCC(=O)Nc1ccc2c(=O)c3ccc(C)c(C)c3oc2c1. The molecule has 152 valence electrons. The second kappa shape index (κ2) is 7.67. The number of anilines is 1. The van der Waals surface area contributed by atoms with Crippen LogP contribution in [-0.4, -0.2) is 12.5 Å². The first-order valence-corrected chi connectivity index (χ1v) is 9.81. The molecule has 1 aromatic heterocycles. The van der Waals surface area contributed by atoms with Gasteiger partial charge in [-0.25, -0.2) is 0 Å². The molecule has 0 fully saturated rings. The summed E-state index contributed by atoms with van der Waals surface area (Å²) in [5.41, 5.74) is 5.43. The summed E-state index contributed by atoms with van der Waals surface area (Å²) in [5.74, 6) is 0.432. The average Bonchev–Trinajstić information content (AvgIpc) is 2.71. The Labute approximate surface area is 174 Å². The molecule has 0 radical (unpaired) electrons. The van der Waals surface area contributed by atoms with Gasteiger partial charge < -0.3 is 14.5 Å². The summed E-state index contributed by atoms with van der Waals surface area (Å²) in [7, 11) is 0. The second-order valence-corrected chi connectivity index (χ2v) is 7.58. The Bertz CT molecular complexity index is 1330. The van der Waals surface area contributed by atoms with Gasteiger partial charge >= 0.3 is 0 Å². The standard InChI is InChI=1S/C25H23NO4/c1-14-8-10-20-23(28)19-11-9-18(12-21(19)30-25(20)17(14)4)26-22(27)13-29-24-15(2)6-5-7-16(24)3/h5-12H,13H2,1-4H3,(H,26,27). The van der Waals surface area contributed by atoms with E-state index < -0.39 is 0 Å². The topological polar surface area (TPSA) is 68.5 Å². The van der Waals surface area contributed by atoms with Crippen LogP contribution in [0.5, 0.6) is 5.75 Å². The number of rotatable bonds is 4. The van der Waals surface area contributed by atoms with Crippen LogP contribution in [0.4, 0.5) is 5.69 Å². The van der Waals surface area contributed by atoms with E-state index in [-0.39, 0.29) is 17.9 Å². The maximum atomic E-state index is 12.8. The molecule has 0 saturated carbocycles. The number of nitrogens with one attached hydrogen (secondary N) is 1. The van der Waals surface area contributed by atoms with Crippen molar-refractivity contribution in [1.29, 1.82) is 0 Å². The van der Waals surface area contributed by atoms with Gasteiger partial charge in [0.2, 0.25) is 5.43 Å². The minimum atomic E-state index is -0.285. The first-order chi connectivity index (χ1) is 14.3. The maximum Gasteiger partial charge on any atom is 0.262 e. The number of hydrogen-bond donors (Lipinski definition) is 1. The fourth-order valence-electron chi connectivity index (χ4n) is 3.59. The molecule has 5 nitrogen and oxygen atoms in total. The highest BCUT2D eigenvalue weighted by atomic mass is 16.5. The maximum absolute atomic E-state index is 12.8. The third kappa shape index (κ3) is 3.54. The number of hydrogen-bond acceptors (Lipinski definition) is 4. The van der Waals surface area contributed by atoms with Gasteiger partial charge in [-0.2, -0.15) is 0 Å². The van der Waals surface area contributed by atoms with E-state index >= 15 is 0 Å². The molecule has 0 aliphatic rings. The summed E-state index contributed by atoms with van der Waals surface area (Å²) in [6, 6.07) is 14.6. The molecule has 0 saturated heterocycles. The van der Waals surface area contributed by atoms with Crippen LogP contribution in [0.25, 0.3) is 21.9 Å². The molecule has 0 spiro atoms. The Morgan fingerprint density at radius 3 is 2.37 bits per heavy atom. The molecule has 1 heterocycles. The Morgan fingerprint density at radius 1 is 0.933 bits per heavy atom. The van der Waals surface area contributed by atoms with Gasteiger partial charge in [-0.15, -0.1) is 0 Å². The molecule has 0 unspecified atom stereocenters. The van der Waals surface area contributed by atoms with E-state index in [9.17, 15) is 9.59 Å². The lowest BCUT2D eigenvalue weighted by Crippen LogP contribution is -2.20. The van der Waals surface area contributed by atoms with Crippen molar-refractivity contribution in [2.75, 3.05) is 11.9 Å². The van der Waals surface area contributed by atoms with Gasteiger partial charge in [0, 0.05) is 11.8 Å². The lowest BCUT2D eigenvalue weighted by molar-refractivity contribution is -0.118. The van der Waals surface area contributed by atoms with Gasteiger partial charge in [-0.1, -0.05) is 24.3 Å². The summed E-state index contributed by atoms with van der Waals surface area (Å²) < 4.78 is 11.7. The Kier molecular flexibility index (Phi) is 5.04. The number of carbonyl (C=O) groups excluding carboxylic acids is 1. The fraction of sp³-hybridized carbons (Fsp3) is 0.200. The van der Waals surface area contributed by atoms with Crippen molar-refractivity contribution >= 4 is 33.5 Å². The quantitative estimate of drug-likeness (QED) is 0.478. The highest BCUT2D eigenvalue weighted by Gasteiger charge is 2.13. The molecule has 5 heteroatoms. The molecule has 0 aliphatic carbocycles. The second-order valence-electron chi connectivity index (χ2n) is 7.58. The van der Waals surface area contributed by atoms with Gasteiger partial charge in [0.1, 0.15) is 16.9 Å². The number of ether oxygens (including phenoxy) is 1. The summed E-state index contributed by atoms with van der Waals surface area (Å²) in [6.45, 7) is 7.69. The van der Waals surface area contributed by atoms with Crippen LogP contribution in [-0.2, 0) is 4.79 Å². The molecule has 0 atom stereocenters. The normalized spacial score (nSPS) is 11.1. The largest absolute Gasteiger partial charge is 0.483 e. The van der Waals surface area contributed by atoms with Crippen molar-refractivity contribution in [3.8, 4) is 5.75 Å². The molecule has 3 aromatic carbocycles. The van der Waals surface area contributed by atoms with Crippen molar-refractivity contribution in [2.24, 2.45) is 0 Å². The number of benzene rings is 3. The molecule has 4 aromatic rings. The van der Waals surface area contributed by atoms with E-state index in [0.717, 1.165) is 28.0 Å². The van der Waals surface area contributed by atoms with E-state index in [2.05, 4.69) is 5.32 Å². The number of carbonyl (C=O) groups is 1. The fourth-order valence-corrected chi connectivity index (χ4v) is 3.59. The molecular formula is C25H23NO4. The number of amides is 1. The van der Waals surface area contributed by atoms with Crippen LogP contribution >= 0.6 is 0 Å². The van der Waals surface area contributed by atoms with Crippen molar-refractivity contribution in [1.82, 2.24) is 0 Å². The van der Waals surface area contributed by atoms with E-state index in [1.165, 1.54) is 0 Å². The zero-order valence-electron chi connectivity index (χ0n) is 17.5. The average molecular weight is 401 g/mol. The molecule has 0 aliphatic heterocycles. The summed E-state index contributed by atoms with van der Waals surface area (Å²) >= 11 is 0. The lowest BCUT2D eigenvalue weighted by atomic mass is 10.0. The first-order valence-electron chi connectivity index (χ1n) is 9.81. The van der Waals surface area contributed by atoms with Crippen LogP contribution in [0.2, 0.25) is 0 Å². The number of para-hydroxylation sites is 1. The minimum Gasteiger partial charge on any atom is -0.483 e. The van der Waals surface area contributed by atoms with E-state index in [1.807, 2.05) is 52.0 Å². The Morgan fingerprint density at radius 2 is 1.63 bits per heavy atom. The van der Waals surface area contributed by atoms with Crippen LogP contribution in [0.3, 0.4) is 0 Å². The highest BCUT2D eigenvalue weighted by Crippen LogP contribution is 2.26. The van der Waals surface area contributed by atoms with Crippen LogP contribution in [0.1, 0.15) is 22.3 Å². The van der Waals surface area contributed by atoms with Crippen molar-refractivity contribution < 1.29 is 13.9 Å². The molecule has 1 N–H and O–H groups in total. The third-order valence-electron chi connectivity index (χ3n) is 5.40. The van der Waals surface area contributed by atoms with Gasteiger partial charge in [0.05, 0.1) is 10.8 Å². The monoisotopic (exact) mass is 401 g/mol. The summed E-state index contributed by atoms with van der Waals surface area (Å²) in [4.78, 5) is 25.2. The third-order valence-corrected chi connectivity index (χ3v) is 5.40. The zero-order valence-corrected chi connectivity index (χ0v) is 17.5. The van der Waals surface area contributed by atoms with Crippen LogP contribution in [0.15, 0.2) is 57.7 Å². The minimum absolute atomic E-state index is 0.0782. The van der Waals surface area contributed by atoms with Crippen molar-refractivity contribution in [2.45, 2.75) is 27.7 Å². The molecule has 1 amide bonds. The molecular weight excluding hydrogens is 378 g/mol. The van der Waals surface area contributed by atoms with Crippen molar-refractivity contribution in [3.63, 3.8) is 0 Å². The molecule has 4 rings (SSSR count). The smallest absolute Gasteiger partial charge is 0.262 e. The first kappa shape index (κ1) is 19.7. The van der Waals surface area contributed by atoms with E-state index in [1.54, 1.807) is 24.3 Å².